The molecule has 2 aliphatic carbocycles. The number of hydrogen-bond donors (Lipinski definition) is 1. The van der Waals surface area contributed by atoms with Crippen molar-refractivity contribution in [3.63, 3.8) is 0 Å². The molecule has 4 rings (SSSR count). The maximum atomic E-state index is 6.01. The maximum absolute atomic E-state index is 6.01. The molecule has 2 N–H and O–H groups in total. The zero-order valence-corrected chi connectivity index (χ0v) is 9.74. The first kappa shape index (κ1) is 9.06. The van der Waals surface area contributed by atoms with Gasteiger partial charge in [0.1, 0.15) is 0 Å². The van der Waals surface area contributed by atoms with Crippen LogP contribution in [0.4, 0.5) is 5.69 Å². The zero-order chi connectivity index (χ0) is 10.9. The van der Waals surface area contributed by atoms with Crippen molar-refractivity contribution in [2.45, 2.75) is 25.3 Å². The van der Waals surface area contributed by atoms with Gasteiger partial charge in [-0.25, -0.2) is 0 Å². The summed E-state index contributed by atoms with van der Waals surface area (Å²) in [5.74, 6) is 2.76. The molecule has 1 aromatic rings. The summed E-state index contributed by atoms with van der Waals surface area (Å²) < 4.78 is 0. The molecule has 0 bridgehead atoms. The number of rotatable bonds is 0. The predicted molar refractivity (Wildman–Crippen MR) is 65.2 cm³/mol. The van der Waals surface area contributed by atoms with Gasteiger partial charge in [-0.3, -0.25) is 0 Å². The molecule has 1 aromatic carbocycles. The van der Waals surface area contributed by atoms with Gasteiger partial charge in [-0.1, -0.05) is 0 Å². The first-order valence-corrected chi connectivity index (χ1v) is 6.32. The molecule has 3 atom stereocenters. The van der Waals surface area contributed by atoms with Gasteiger partial charge in [0.15, 0.2) is 0 Å². The summed E-state index contributed by atoms with van der Waals surface area (Å²) in [7, 11) is 2.23. The van der Waals surface area contributed by atoms with Gasteiger partial charge in [-0.15, -0.1) is 0 Å². The van der Waals surface area contributed by atoms with E-state index in [1.165, 1.54) is 24.9 Å². The van der Waals surface area contributed by atoms with Crippen molar-refractivity contribution < 1.29 is 0 Å². The van der Waals surface area contributed by atoms with Gasteiger partial charge in [0, 0.05) is 24.7 Å². The van der Waals surface area contributed by atoms with E-state index in [1.54, 1.807) is 11.1 Å². The summed E-state index contributed by atoms with van der Waals surface area (Å²) in [6.07, 6.45) is 2.74. The van der Waals surface area contributed by atoms with Gasteiger partial charge in [-0.05, 0) is 60.5 Å². The molecule has 0 saturated heterocycles. The Balaban J connectivity index is 1.93. The Morgan fingerprint density at radius 1 is 1.31 bits per heavy atom. The van der Waals surface area contributed by atoms with E-state index in [2.05, 4.69) is 24.1 Å². The lowest BCUT2D eigenvalue weighted by atomic mass is 9.77. The molecule has 1 heterocycles. The van der Waals surface area contributed by atoms with Crippen molar-refractivity contribution in [2.24, 2.45) is 11.8 Å². The fourth-order valence-corrected chi connectivity index (χ4v) is 3.99. The third-order valence-electron chi connectivity index (χ3n) is 4.67. The van der Waals surface area contributed by atoms with Crippen molar-refractivity contribution in [1.82, 2.24) is 4.90 Å². The Morgan fingerprint density at radius 3 is 3.00 bits per heavy atom. The van der Waals surface area contributed by atoms with E-state index >= 15 is 0 Å². The second-order valence-electron chi connectivity index (χ2n) is 5.92. The van der Waals surface area contributed by atoms with Gasteiger partial charge in [0.2, 0.25) is 0 Å². The summed E-state index contributed by atoms with van der Waals surface area (Å²) in [5, 5.41) is 0. The molecule has 0 spiro atoms. The van der Waals surface area contributed by atoms with E-state index in [0.717, 1.165) is 30.0 Å². The second-order valence-corrected chi connectivity index (χ2v) is 5.92. The molecule has 3 aliphatic rings. The minimum atomic E-state index is 0.808. The van der Waals surface area contributed by atoms with Crippen LogP contribution < -0.4 is 5.73 Å². The van der Waals surface area contributed by atoms with E-state index in [4.69, 9.17) is 5.73 Å². The summed E-state index contributed by atoms with van der Waals surface area (Å²) in [5.41, 5.74) is 11.7. The number of nitrogens with zero attached hydrogens (tertiary/aromatic N) is 1. The van der Waals surface area contributed by atoms with Crippen LogP contribution in [0.3, 0.4) is 0 Å². The fourth-order valence-electron chi connectivity index (χ4n) is 3.99. The number of fused-ring (bicyclic) bond motifs is 2. The minimum absolute atomic E-state index is 0.808. The van der Waals surface area contributed by atoms with Crippen LogP contribution in [-0.4, -0.2) is 18.5 Å². The molecule has 16 heavy (non-hydrogen) atoms. The smallest absolute Gasteiger partial charge is 0.0320 e. The van der Waals surface area contributed by atoms with Gasteiger partial charge >= 0.3 is 0 Å². The lowest BCUT2D eigenvalue weighted by molar-refractivity contribution is 0.258. The Bertz CT molecular complexity index is 466. The lowest BCUT2D eigenvalue weighted by Gasteiger charge is -2.37. The van der Waals surface area contributed by atoms with Crippen molar-refractivity contribution in [3.05, 3.63) is 28.8 Å². The van der Waals surface area contributed by atoms with Crippen molar-refractivity contribution >= 4 is 5.69 Å². The second kappa shape index (κ2) is 2.80. The van der Waals surface area contributed by atoms with E-state index in [0.29, 0.717) is 0 Å². The molecular weight excluding hydrogens is 196 g/mol. The van der Waals surface area contributed by atoms with Crippen LogP contribution in [0.1, 0.15) is 29.0 Å². The van der Waals surface area contributed by atoms with Gasteiger partial charge in [-0.2, -0.15) is 0 Å². The highest BCUT2D eigenvalue weighted by Crippen LogP contribution is 2.57. The number of nitrogens with two attached hydrogens (primary N) is 1. The quantitative estimate of drug-likeness (QED) is 0.669. The molecule has 2 heteroatoms. The largest absolute Gasteiger partial charge is 0.399 e. The first-order valence-electron chi connectivity index (χ1n) is 6.32. The van der Waals surface area contributed by atoms with Crippen LogP contribution in [0, 0.1) is 11.8 Å². The molecule has 1 saturated carbocycles. The average molecular weight is 214 g/mol. The minimum Gasteiger partial charge on any atom is -0.399 e. The molecule has 2 nitrogen and oxygen atoms in total. The molecular formula is C14H18N2. The highest BCUT2D eigenvalue weighted by Gasteiger charge is 2.49. The van der Waals surface area contributed by atoms with Gasteiger partial charge in [0.05, 0.1) is 0 Å². The fraction of sp³-hybridized carbons (Fsp3) is 0.571. The monoisotopic (exact) mass is 214 g/mol. The van der Waals surface area contributed by atoms with Crippen LogP contribution in [0.5, 0.6) is 0 Å². The van der Waals surface area contributed by atoms with Crippen LogP contribution in [-0.2, 0) is 13.0 Å². The number of nitrogen functional groups attached to an aromatic ring is 1. The molecule has 0 aromatic heterocycles. The normalized spacial score (nSPS) is 35.4. The number of hydrogen-bond acceptors (Lipinski definition) is 2. The van der Waals surface area contributed by atoms with Crippen molar-refractivity contribution in [1.29, 1.82) is 0 Å². The Labute approximate surface area is 96.4 Å². The Hall–Kier alpha value is -1.02. The van der Waals surface area contributed by atoms with E-state index < -0.39 is 0 Å². The van der Waals surface area contributed by atoms with Gasteiger partial charge < -0.3 is 10.6 Å². The zero-order valence-electron chi connectivity index (χ0n) is 9.74. The summed E-state index contributed by atoms with van der Waals surface area (Å²) in [6, 6.07) is 4.43. The Morgan fingerprint density at radius 2 is 2.12 bits per heavy atom. The van der Waals surface area contributed by atoms with Crippen molar-refractivity contribution in [3.8, 4) is 0 Å². The highest BCUT2D eigenvalue weighted by molar-refractivity contribution is 5.54. The molecule has 1 aliphatic heterocycles. The van der Waals surface area contributed by atoms with E-state index in [-0.39, 0.29) is 0 Å². The summed E-state index contributed by atoms with van der Waals surface area (Å²) in [4.78, 5) is 2.46. The predicted octanol–water partition coefficient (Wildman–Crippen LogP) is 1.99. The number of likely N-dealkylation sites (N-methyl/N-ethyl adjacent to an activating group) is 1. The van der Waals surface area contributed by atoms with Crippen LogP contribution >= 0.6 is 0 Å². The highest BCUT2D eigenvalue weighted by atomic mass is 15.1. The molecule has 84 valence electrons. The summed E-state index contributed by atoms with van der Waals surface area (Å²) in [6.45, 7) is 2.34. The van der Waals surface area contributed by atoms with Gasteiger partial charge in [0.25, 0.3) is 0 Å². The molecule has 0 amide bonds. The summed E-state index contributed by atoms with van der Waals surface area (Å²) >= 11 is 0. The first-order chi connectivity index (χ1) is 7.72. The average Bonchev–Trinajstić information content (AvgIpc) is 2.95. The molecule has 3 unspecified atom stereocenters. The molecule has 1 fully saturated rings. The van der Waals surface area contributed by atoms with Crippen LogP contribution in [0.15, 0.2) is 12.1 Å². The van der Waals surface area contributed by atoms with Crippen LogP contribution in [0.2, 0.25) is 0 Å². The molecule has 0 radical (unpaired) electrons. The third-order valence-corrected chi connectivity index (χ3v) is 4.67. The third kappa shape index (κ3) is 1.11. The number of anilines is 1. The SMILES string of the molecule is CN1Cc2cc(N)cc3c2C(C1)C1CC1C3. The Kier molecular flexibility index (Phi) is 1.59. The van der Waals surface area contributed by atoms with E-state index in [1.807, 2.05) is 0 Å². The van der Waals surface area contributed by atoms with Crippen LogP contribution in [0.25, 0.3) is 0 Å². The maximum Gasteiger partial charge on any atom is 0.0320 e. The van der Waals surface area contributed by atoms with E-state index in [9.17, 15) is 0 Å². The van der Waals surface area contributed by atoms with Crippen molar-refractivity contribution in [2.75, 3.05) is 19.3 Å². The standard InChI is InChI=1S/C14H18N2/c1-16-6-10-4-11(15)3-9-2-8-5-12(8)13(7-16)14(9)10/h3-4,8,12-13H,2,5-7,15H2,1H3. The lowest BCUT2D eigenvalue weighted by Crippen LogP contribution is -2.34. The number of benzene rings is 1. The topological polar surface area (TPSA) is 29.3 Å².